The fraction of sp³-hybridized carbons (Fsp3) is 0.167. The Morgan fingerprint density at radius 2 is 1.71 bits per heavy atom. The molecule has 0 bridgehead atoms. The Kier molecular flexibility index (Phi) is 4.38. The van der Waals surface area contributed by atoms with Gasteiger partial charge in [-0.15, -0.1) is 0 Å². The van der Waals surface area contributed by atoms with Crippen molar-refractivity contribution in [2.45, 2.75) is 18.7 Å². The smallest absolute Gasteiger partial charge is 0.744 e. The second-order valence-corrected chi connectivity index (χ2v) is 5.30. The number of benzene rings is 2. The molecule has 0 amide bonds. The second kappa shape index (κ2) is 5.08. The summed E-state index contributed by atoms with van der Waals surface area (Å²) in [5.74, 6) is 0. The van der Waals surface area contributed by atoms with Crippen LogP contribution in [0.15, 0.2) is 35.2 Å². The van der Waals surface area contributed by atoms with E-state index in [1.165, 1.54) is 12.1 Å². The van der Waals surface area contributed by atoms with E-state index >= 15 is 0 Å². The molecule has 0 heterocycles. The molecule has 0 atom stereocenters. The van der Waals surface area contributed by atoms with Gasteiger partial charge in [-0.05, 0) is 42.3 Å². The van der Waals surface area contributed by atoms with Crippen molar-refractivity contribution >= 4 is 20.9 Å². The third kappa shape index (κ3) is 3.09. The molecule has 0 aliphatic carbocycles. The van der Waals surface area contributed by atoms with E-state index in [1.807, 2.05) is 26.0 Å². The van der Waals surface area contributed by atoms with Crippen LogP contribution < -0.4 is 29.6 Å². The molecular formula is C12H11NaO3S. The quantitative estimate of drug-likeness (QED) is 0.505. The molecule has 0 fully saturated rings. The summed E-state index contributed by atoms with van der Waals surface area (Å²) >= 11 is 0. The summed E-state index contributed by atoms with van der Waals surface area (Å²) in [6.07, 6.45) is 0. The Balaban J connectivity index is 0.00000144. The fourth-order valence-corrected chi connectivity index (χ4v) is 2.39. The van der Waals surface area contributed by atoms with Crippen LogP contribution in [0.1, 0.15) is 11.1 Å². The first-order valence-corrected chi connectivity index (χ1v) is 6.26. The zero-order valence-electron chi connectivity index (χ0n) is 10.0. The van der Waals surface area contributed by atoms with Crippen LogP contribution in [-0.2, 0) is 10.1 Å². The van der Waals surface area contributed by atoms with Gasteiger partial charge in [0.15, 0.2) is 0 Å². The maximum atomic E-state index is 10.9. The summed E-state index contributed by atoms with van der Waals surface area (Å²) in [6.45, 7) is 3.89. The summed E-state index contributed by atoms with van der Waals surface area (Å²) in [7, 11) is -4.37. The van der Waals surface area contributed by atoms with E-state index in [4.69, 9.17) is 0 Å². The largest absolute Gasteiger partial charge is 1.00 e. The Hall–Kier alpha value is -0.390. The van der Waals surface area contributed by atoms with E-state index in [0.29, 0.717) is 0 Å². The minimum absolute atomic E-state index is 0. The first kappa shape index (κ1) is 14.7. The van der Waals surface area contributed by atoms with Crippen molar-refractivity contribution in [1.82, 2.24) is 0 Å². The van der Waals surface area contributed by atoms with Gasteiger partial charge in [-0.3, -0.25) is 0 Å². The Morgan fingerprint density at radius 1 is 1.06 bits per heavy atom. The van der Waals surface area contributed by atoms with Gasteiger partial charge in [-0.25, -0.2) is 8.42 Å². The van der Waals surface area contributed by atoms with E-state index < -0.39 is 10.1 Å². The summed E-state index contributed by atoms with van der Waals surface area (Å²) < 4.78 is 32.7. The molecule has 3 nitrogen and oxygen atoms in total. The van der Waals surface area contributed by atoms with Gasteiger partial charge in [0, 0.05) is 0 Å². The van der Waals surface area contributed by atoms with Crippen LogP contribution in [0.5, 0.6) is 0 Å². The molecule has 0 aromatic heterocycles. The third-order valence-electron chi connectivity index (χ3n) is 2.56. The van der Waals surface area contributed by atoms with Crippen molar-refractivity contribution in [2.24, 2.45) is 0 Å². The van der Waals surface area contributed by atoms with Crippen LogP contribution in [0.4, 0.5) is 0 Å². The molecule has 0 aliphatic heterocycles. The molecule has 0 aliphatic rings. The van der Waals surface area contributed by atoms with Gasteiger partial charge in [-0.1, -0.05) is 23.8 Å². The first-order valence-electron chi connectivity index (χ1n) is 4.85. The molecule has 2 rings (SSSR count). The minimum atomic E-state index is -4.37. The number of hydrogen-bond acceptors (Lipinski definition) is 3. The van der Waals surface area contributed by atoms with Crippen LogP contribution >= 0.6 is 0 Å². The summed E-state index contributed by atoms with van der Waals surface area (Å²) in [5.41, 5.74) is 2.12. The molecule has 2 aromatic rings. The number of fused-ring (bicyclic) bond motifs is 1. The van der Waals surface area contributed by atoms with Crippen molar-refractivity contribution in [3.05, 3.63) is 41.5 Å². The van der Waals surface area contributed by atoms with Gasteiger partial charge in [0.1, 0.15) is 10.1 Å². The SMILES string of the molecule is Cc1cc(C)c2ccc(S(=O)(=O)[O-])cc2c1.[Na+]. The van der Waals surface area contributed by atoms with Gasteiger partial charge >= 0.3 is 29.6 Å². The standard InChI is InChI=1S/C12H12O3S.Na/c1-8-5-9(2)12-4-3-11(16(13,14)15)7-10(12)6-8;/h3-7H,1-2H3,(H,13,14,15);/q;+1/p-1. The molecular weight excluding hydrogens is 247 g/mol. The van der Waals surface area contributed by atoms with E-state index in [0.717, 1.165) is 21.9 Å². The maximum Gasteiger partial charge on any atom is 1.00 e. The van der Waals surface area contributed by atoms with Crippen LogP contribution in [0.2, 0.25) is 0 Å². The predicted octanol–water partition coefficient (Wildman–Crippen LogP) is -0.635. The maximum absolute atomic E-state index is 10.9. The first-order chi connectivity index (χ1) is 7.38. The number of hydrogen-bond donors (Lipinski definition) is 0. The van der Waals surface area contributed by atoms with Crippen molar-refractivity contribution in [1.29, 1.82) is 0 Å². The van der Waals surface area contributed by atoms with Gasteiger partial charge < -0.3 is 4.55 Å². The van der Waals surface area contributed by atoms with Crippen molar-refractivity contribution in [3.63, 3.8) is 0 Å². The minimum Gasteiger partial charge on any atom is -0.744 e. The summed E-state index contributed by atoms with van der Waals surface area (Å²) in [5, 5.41) is 1.76. The molecule has 5 heteroatoms. The average molecular weight is 258 g/mol. The Bertz CT molecular complexity index is 663. The van der Waals surface area contributed by atoms with E-state index in [9.17, 15) is 13.0 Å². The molecule has 84 valence electrons. The normalized spacial score (nSPS) is 11.2. The molecule has 0 spiro atoms. The summed E-state index contributed by atoms with van der Waals surface area (Å²) in [6, 6.07) is 8.35. The van der Waals surface area contributed by atoms with E-state index in [2.05, 4.69) is 0 Å². The fourth-order valence-electron chi connectivity index (χ4n) is 1.88. The van der Waals surface area contributed by atoms with Crippen LogP contribution in [0.3, 0.4) is 0 Å². The van der Waals surface area contributed by atoms with Crippen LogP contribution in [-0.4, -0.2) is 13.0 Å². The van der Waals surface area contributed by atoms with Crippen molar-refractivity contribution in [2.75, 3.05) is 0 Å². The van der Waals surface area contributed by atoms with Gasteiger partial charge in [0.05, 0.1) is 4.90 Å². The molecule has 0 unspecified atom stereocenters. The third-order valence-corrected chi connectivity index (χ3v) is 3.40. The van der Waals surface area contributed by atoms with Crippen molar-refractivity contribution in [3.8, 4) is 0 Å². The Morgan fingerprint density at radius 3 is 2.29 bits per heavy atom. The Labute approximate surface area is 123 Å². The molecule has 2 aromatic carbocycles. The number of rotatable bonds is 1. The molecule has 0 radical (unpaired) electrons. The van der Waals surface area contributed by atoms with Crippen LogP contribution in [0.25, 0.3) is 10.8 Å². The van der Waals surface area contributed by atoms with Gasteiger partial charge in [0.25, 0.3) is 0 Å². The predicted molar refractivity (Wildman–Crippen MR) is 61.4 cm³/mol. The van der Waals surface area contributed by atoms with E-state index in [-0.39, 0.29) is 34.5 Å². The molecule has 0 N–H and O–H groups in total. The molecule has 17 heavy (non-hydrogen) atoms. The van der Waals surface area contributed by atoms with Crippen molar-refractivity contribution < 1.29 is 42.5 Å². The van der Waals surface area contributed by atoms with Crippen LogP contribution in [0, 0.1) is 13.8 Å². The zero-order valence-corrected chi connectivity index (χ0v) is 12.8. The molecule has 0 saturated carbocycles. The number of aryl methyl sites for hydroxylation is 2. The zero-order chi connectivity index (χ0) is 11.9. The molecule has 0 saturated heterocycles. The van der Waals surface area contributed by atoms with Gasteiger partial charge in [-0.2, -0.15) is 0 Å². The second-order valence-electron chi connectivity index (χ2n) is 3.92. The monoisotopic (exact) mass is 258 g/mol. The topological polar surface area (TPSA) is 57.2 Å². The summed E-state index contributed by atoms with van der Waals surface area (Å²) in [4.78, 5) is -0.176. The van der Waals surface area contributed by atoms with Gasteiger partial charge in [0.2, 0.25) is 0 Å². The average Bonchev–Trinajstić information content (AvgIpc) is 2.15. The van der Waals surface area contributed by atoms with E-state index in [1.54, 1.807) is 6.07 Å².